The molecule has 2 aromatic heterocycles. The van der Waals surface area contributed by atoms with Gasteiger partial charge >= 0.3 is 5.97 Å². The molecular weight excluding hydrogens is 506 g/mol. The highest BCUT2D eigenvalue weighted by Crippen LogP contribution is 2.24. The Bertz CT molecular complexity index is 1410. The Kier molecular flexibility index (Phi) is 7.78. The van der Waals surface area contributed by atoms with Gasteiger partial charge < -0.3 is 15.7 Å². The zero-order chi connectivity index (χ0) is 25.5. The number of H-pyrrole nitrogens is 1. The standard InChI is InChI=1S/C23H18ClN7O4S/c24-15-7-8-16(20-28-30-31-29-20)14(11-15)6-9-19(32)26-17(10-13-4-2-1-3-5-13)21(33)27-23-25-12-18(36-23)22(34)35/h1-9,11-12,17H,10H2,(H,26,32)(H,34,35)(H,25,27,33)(H,28,29,30,31)/b9-6+/t17-/m0/s1. The van der Waals surface area contributed by atoms with Crippen molar-refractivity contribution in [3.8, 4) is 11.4 Å². The van der Waals surface area contributed by atoms with Gasteiger partial charge in [-0.25, -0.2) is 14.9 Å². The molecule has 4 N–H and O–H groups in total. The zero-order valence-electron chi connectivity index (χ0n) is 18.4. The number of nitrogens with one attached hydrogen (secondary N) is 3. The van der Waals surface area contributed by atoms with Crippen molar-refractivity contribution in [1.82, 2.24) is 30.9 Å². The fourth-order valence-electron chi connectivity index (χ4n) is 3.23. The van der Waals surface area contributed by atoms with E-state index >= 15 is 0 Å². The van der Waals surface area contributed by atoms with Crippen molar-refractivity contribution in [2.24, 2.45) is 0 Å². The van der Waals surface area contributed by atoms with Gasteiger partial charge in [-0.1, -0.05) is 53.3 Å². The molecule has 0 fully saturated rings. The average molecular weight is 524 g/mol. The van der Waals surface area contributed by atoms with E-state index < -0.39 is 23.8 Å². The molecular formula is C23H18ClN7O4S. The van der Waals surface area contributed by atoms with Gasteiger partial charge in [-0.05, 0) is 45.8 Å². The van der Waals surface area contributed by atoms with Crippen molar-refractivity contribution < 1.29 is 19.5 Å². The molecule has 0 spiro atoms. The molecule has 11 nitrogen and oxygen atoms in total. The molecule has 0 saturated heterocycles. The Hall–Kier alpha value is -4.42. The summed E-state index contributed by atoms with van der Waals surface area (Å²) in [4.78, 5) is 40.8. The highest BCUT2D eigenvalue weighted by atomic mass is 35.5. The minimum atomic E-state index is -1.14. The number of aromatic carboxylic acids is 1. The first-order chi connectivity index (χ1) is 17.4. The number of halogens is 1. The van der Waals surface area contributed by atoms with Crippen LogP contribution in [0.4, 0.5) is 5.13 Å². The highest BCUT2D eigenvalue weighted by Gasteiger charge is 2.22. The van der Waals surface area contributed by atoms with Gasteiger partial charge in [0.2, 0.25) is 11.8 Å². The number of nitrogens with zero attached hydrogens (tertiary/aromatic N) is 4. The van der Waals surface area contributed by atoms with Crippen LogP contribution in [0, 0.1) is 0 Å². The normalized spacial score (nSPS) is 11.8. The molecule has 13 heteroatoms. The predicted molar refractivity (Wildman–Crippen MR) is 133 cm³/mol. The number of carbonyl (C=O) groups is 3. The number of carboxylic acids is 1. The van der Waals surface area contributed by atoms with Crippen LogP contribution in [0.25, 0.3) is 17.5 Å². The van der Waals surface area contributed by atoms with Crippen LogP contribution in [0.15, 0.2) is 60.8 Å². The first-order valence-corrected chi connectivity index (χ1v) is 11.6. The molecule has 1 atom stereocenters. The molecule has 2 aromatic carbocycles. The molecule has 0 aliphatic rings. The number of aromatic amines is 1. The maximum atomic E-state index is 13.0. The Balaban J connectivity index is 1.52. The van der Waals surface area contributed by atoms with Crippen molar-refractivity contribution >= 4 is 51.9 Å². The fourth-order valence-corrected chi connectivity index (χ4v) is 4.07. The molecule has 0 radical (unpaired) electrons. The first kappa shape index (κ1) is 24.7. The predicted octanol–water partition coefficient (Wildman–Crippen LogP) is 3.05. The molecule has 0 aliphatic carbocycles. The minimum Gasteiger partial charge on any atom is -0.477 e. The summed E-state index contributed by atoms with van der Waals surface area (Å²) in [5, 5.41) is 28.6. The summed E-state index contributed by atoms with van der Waals surface area (Å²) in [5.41, 5.74) is 2.04. The number of carboxylic acid groups (broad SMARTS) is 1. The summed E-state index contributed by atoms with van der Waals surface area (Å²) in [6.07, 6.45) is 4.17. The summed E-state index contributed by atoms with van der Waals surface area (Å²) < 4.78 is 0. The molecule has 0 aliphatic heterocycles. The number of amides is 2. The third-order valence-electron chi connectivity index (χ3n) is 4.89. The smallest absolute Gasteiger partial charge is 0.347 e. The van der Waals surface area contributed by atoms with E-state index in [-0.39, 0.29) is 16.4 Å². The summed E-state index contributed by atoms with van der Waals surface area (Å²) in [6, 6.07) is 13.2. The van der Waals surface area contributed by atoms with E-state index in [1.807, 2.05) is 30.3 Å². The van der Waals surface area contributed by atoms with E-state index in [0.29, 0.717) is 22.0 Å². The molecule has 2 heterocycles. The third kappa shape index (κ3) is 6.37. The number of thiazole rings is 1. The number of rotatable bonds is 9. The third-order valence-corrected chi connectivity index (χ3v) is 6.03. The zero-order valence-corrected chi connectivity index (χ0v) is 20.0. The number of tetrazole rings is 1. The molecule has 182 valence electrons. The van der Waals surface area contributed by atoms with E-state index in [1.54, 1.807) is 18.2 Å². The van der Waals surface area contributed by atoms with Gasteiger partial charge in [0, 0.05) is 23.1 Å². The summed E-state index contributed by atoms with van der Waals surface area (Å²) in [5.74, 6) is -1.81. The number of aromatic nitrogens is 5. The van der Waals surface area contributed by atoms with Gasteiger partial charge in [0.25, 0.3) is 0 Å². The average Bonchev–Trinajstić information content (AvgIpc) is 3.56. The van der Waals surface area contributed by atoms with Crippen LogP contribution in [0.1, 0.15) is 20.8 Å². The lowest BCUT2D eigenvalue weighted by atomic mass is 10.0. The second-order valence-electron chi connectivity index (χ2n) is 7.39. The van der Waals surface area contributed by atoms with Crippen LogP contribution in [-0.4, -0.2) is 54.5 Å². The second-order valence-corrected chi connectivity index (χ2v) is 8.86. The maximum absolute atomic E-state index is 13.0. The highest BCUT2D eigenvalue weighted by molar-refractivity contribution is 7.17. The summed E-state index contributed by atoms with van der Waals surface area (Å²) in [7, 11) is 0. The SMILES string of the molecule is O=C(/C=C/c1cc(Cl)ccc1-c1nnn[nH]1)N[C@@H](Cc1ccccc1)C(=O)Nc1ncc(C(=O)O)s1. The number of hydrogen-bond donors (Lipinski definition) is 4. The van der Waals surface area contributed by atoms with Crippen molar-refractivity contribution in [1.29, 1.82) is 0 Å². The number of hydrogen-bond acceptors (Lipinski definition) is 8. The van der Waals surface area contributed by atoms with Gasteiger partial charge in [-0.2, -0.15) is 0 Å². The van der Waals surface area contributed by atoms with Gasteiger partial charge in [0.1, 0.15) is 10.9 Å². The van der Waals surface area contributed by atoms with E-state index in [1.165, 1.54) is 12.2 Å². The largest absolute Gasteiger partial charge is 0.477 e. The van der Waals surface area contributed by atoms with E-state index in [4.69, 9.17) is 16.7 Å². The Morgan fingerprint density at radius 1 is 1.17 bits per heavy atom. The molecule has 0 bridgehead atoms. The van der Waals surface area contributed by atoms with Crippen LogP contribution in [0.3, 0.4) is 0 Å². The van der Waals surface area contributed by atoms with Crippen molar-refractivity contribution in [2.75, 3.05) is 5.32 Å². The van der Waals surface area contributed by atoms with Crippen LogP contribution in [0.2, 0.25) is 5.02 Å². The van der Waals surface area contributed by atoms with Crippen LogP contribution in [0.5, 0.6) is 0 Å². The summed E-state index contributed by atoms with van der Waals surface area (Å²) in [6.45, 7) is 0. The van der Waals surface area contributed by atoms with Gasteiger partial charge in [-0.15, -0.1) is 5.10 Å². The molecule has 4 rings (SSSR count). The van der Waals surface area contributed by atoms with Crippen molar-refractivity contribution in [2.45, 2.75) is 12.5 Å². The lowest BCUT2D eigenvalue weighted by Crippen LogP contribution is -2.44. The summed E-state index contributed by atoms with van der Waals surface area (Å²) >= 11 is 6.94. The lowest BCUT2D eigenvalue weighted by molar-refractivity contribution is -0.123. The van der Waals surface area contributed by atoms with Crippen LogP contribution in [-0.2, 0) is 16.0 Å². The molecule has 0 unspecified atom stereocenters. The molecule has 2 amide bonds. The molecule has 4 aromatic rings. The Morgan fingerprint density at radius 3 is 2.67 bits per heavy atom. The van der Waals surface area contributed by atoms with Gasteiger partial charge in [0.15, 0.2) is 11.0 Å². The van der Waals surface area contributed by atoms with Crippen LogP contribution >= 0.6 is 22.9 Å². The molecule has 36 heavy (non-hydrogen) atoms. The quantitative estimate of drug-likeness (QED) is 0.243. The maximum Gasteiger partial charge on any atom is 0.347 e. The lowest BCUT2D eigenvalue weighted by Gasteiger charge is -2.17. The van der Waals surface area contributed by atoms with Crippen molar-refractivity contribution in [3.05, 3.63) is 81.8 Å². The number of anilines is 1. The van der Waals surface area contributed by atoms with Gasteiger partial charge in [0.05, 0.1) is 6.20 Å². The number of carbonyl (C=O) groups excluding carboxylic acids is 2. The van der Waals surface area contributed by atoms with E-state index in [2.05, 4.69) is 36.2 Å². The van der Waals surface area contributed by atoms with Gasteiger partial charge in [-0.3, -0.25) is 9.59 Å². The minimum absolute atomic E-state index is 0.0174. The van der Waals surface area contributed by atoms with E-state index in [9.17, 15) is 14.4 Å². The van der Waals surface area contributed by atoms with E-state index in [0.717, 1.165) is 23.1 Å². The van der Waals surface area contributed by atoms with Crippen molar-refractivity contribution in [3.63, 3.8) is 0 Å². The first-order valence-electron chi connectivity index (χ1n) is 10.4. The topological polar surface area (TPSA) is 163 Å². The Morgan fingerprint density at radius 2 is 1.97 bits per heavy atom. The fraction of sp³-hybridized carbons (Fsp3) is 0.0870. The van der Waals surface area contributed by atoms with Crippen LogP contribution < -0.4 is 10.6 Å². The monoisotopic (exact) mass is 523 g/mol. The number of benzene rings is 2. The molecule has 0 saturated carbocycles. The second kappa shape index (κ2) is 11.3. The Labute approximate surface area is 213 Å².